The monoisotopic (exact) mass is 616 g/mol. The molecule has 5 rings (SSSR count). The van der Waals surface area contributed by atoms with Crippen molar-refractivity contribution in [2.75, 3.05) is 13.7 Å². The summed E-state index contributed by atoms with van der Waals surface area (Å²) in [7, 11) is 1.61. The molecule has 1 aliphatic heterocycles. The van der Waals surface area contributed by atoms with Gasteiger partial charge >= 0.3 is 5.97 Å². The number of thiazole rings is 1. The molecule has 204 valence electrons. The van der Waals surface area contributed by atoms with Crippen LogP contribution in [0.5, 0.6) is 5.75 Å². The van der Waals surface area contributed by atoms with E-state index in [4.69, 9.17) is 14.5 Å². The summed E-state index contributed by atoms with van der Waals surface area (Å²) < 4.78 is 13.8. The third-order valence-electron chi connectivity index (χ3n) is 6.77. The Bertz CT molecular complexity index is 1770. The maximum absolute atomic E-state index is 14.0. The number of aromatic nitrogens is 1. The van der Waals surface area contributed by atoms with Crippen molar-refractivity contribution in [3.05, 3.63) is 125 Å². The zero-order valence-corrected chi connectivity index (χ0v) is 25.1. The van der Waals surface area contributed by atoms with Gasteiger partial charge < -0.3 is 9.47 Å². The number of rotatable bonds is 7. The number of ether oxygens (including phenoxy) is 2. The van der Waals surface area contributed by atoms with Gasteiger partial charge in [0, 0.05) is 5.56 Å². The summed E-state index contributed by atoms with van der Waals surface area (Å²) in [5.74, 6) is 0.561. The number of esters is 1. The Morgan fingerprint density at radius 2 is 1.82 bits per heavy atom. The van der Waals surface area contributed by atoms with Gasteiger partial charge in [0.2, 0.25) is 0 Å². The highest BCUT2D eigenvalue weighted by Gasteiger charge is 2.35. The summed E-state index contributed by atoms with van der Waals surface area (Å²) in [6.07, 6.45) is 1.84. The number of methoxy groups -OCH3 is 1. The van der Waals surface area contributed by atoms with E-state index in [1.165, 1.54) is 16.9 Å². The summed E-state index contributed by atoms with van der Waals surface area (Å²) in [6.45, 7) is 6.25. The first-order chi connectivity index (χ1) is 19.3. The second-order valence-corrected chi connectivity index (χ2v) is 11.5. The van der Waals surface area contributed by atoms with E-state index in [1.54, 1.807) is 18.6 Å². The van der Waals surface area contributed by atoms with Crippen molar-refractivity contribution in [1.29, 1.82) is 0 Å². The smallest absolute Gasteiger partial charge is 0.338 e. The van der Waals surface area contributed by atoms with Crippen LogP contribution in [0.25, 0.3) is 11.8 Å². The van der Waals surface area contributed by atoms with E-state index >= 15 is 0 Å². The fraction of sp³-hybridized carbons (Fsp3) is 0.219. The number of halogens is 1. The molecular weight excluding hydrogens is 588 g/mol. The number of benzene rings is 3. The van der Waals surface area contributed by atoms with Crippen molar-refractivity contribution < 1.29 is 14.3 Å². The quantitative estimate of drug-likeness (QED) is 0.245. The number of nitrogens with zero attached hydrogens (tertiary/aromatic N) is 2. The van der Waals surface area contributed by atoms with Gasteiger partial charge in [-0.25, -0.2) is 9.79 Å². The predicted molar refractivity (Wildman–Crippen MR) is 162 cm³/mol. The van der Waals surface area contributed by atoms with Crippen molar-refractivity contribution in [3.63, 3.8) is 0 Å². The van der Waals surface area contributed by atoms with Crippen LogP contribution in [0, 0.1) is 0 Å². The second-order valence-electron chi connectivity index (χ2n) is 9.65. The molecule has 8 heteroatoms. The lowest BCUT2D eigenvalue weighted by atomic mass is 9.91. The fourth-order valence-electron chi connectivity index (χ4n) is 4.74. The van der Waals surface area contributed by atoms with Crippen LogP contribution in [0.4, 0.5) is 0 Å². The molecule has 1 unspecified atom stereocenters. The highest BCUT2D eigenvalue weighted by Crippen LogP contribution is 2.35. The maximum Gasteiger partial charge on any atom is 0.338 e. The average molecular weight is 618 g/mol. The molecule has 0 amide bonds. The van der Waals surface area contributed by atoms with Crippen molar-refractivity contribution in [3.8, 4) is 5.75 Å². The van der Waals surface area contributed by atoms with Crippen molar-refractivity contribution in [2.24, 2.45) is 4.99 Å². The first-order valence-corrected chi connectivity index (χ1v) is 14.6. The van der Waals surface area contributed by atoms with Gasteiger partial charge in [-0.1, -0.05) is 85.8 Å². The van der Waals surface area contributed by atoms with E-state index in [1.807, 2.05) is 66.7 Å². The molecule has 0 N–H and O–H groups in total. The van der Waals surface area contributed by atoms with Gasteiger partial charge in [-0.2, -0.15) is 0 Å². The molecule has 3 aromatic carbocycles. The molecule has 0 saturated heterocycles. The van der Waals surface area contributed by atoms with Crippen LogP contribution in [0.1, 0.15) is 55.0 Å². The molecule has 1 atom stereocenters. The normalized spacial score (nSPS) is 15.2. The molecule has 0 spiro atoms. The lowest BCUT2D eigenvalue weighted by Gasteiger charge is -2.26. The molecule has 40 heavy (non-hydrogen) atoms. The van der Waals surface area contributed by atoms with E-state index in [0.717, 1.165) is 21.2 Å². The van der Waals surface area contributed by atoms with Crippen LogP contribution in [0.3, 0.4) is 0 Å². The van der Waals surface area contributed by atoms with Gasteiger partial charge in [-0.05, 0) is 63.7 Å². The predicted octanol–water partition coefficient (Wildman–Crippen LogP) is 5.83. The summed E-state index contributed by atoms with van der Waals surface area (Å²) in [5, 5.41) is 0. The third kappa shape index (κ3) is 5.33. The van der Waals surface area contributed by atoms with Crippen LogP contribution in [-0.2, 0) is 9.53 Å². The zero-order chi connectivity index (χ0) is 28.4. The molecule has 1 aromatic heterocycles. The molecule has 2 heterocycles. The van der Waals surface area contributed by atoms with Crippen molar-refractivity contribution in [1.82, 2.24) is 4.57 Å². The van der Waals surface area contributed by atoms with Gasteiger partial charge in [0.05, 0.1) is 40.0 Å². The summed E-state index contributed by atoms with van der Waals surface area (Å²) in [4.78, 5) is 33.0. The Morgan fingerprint density at radius 1 is 1.10 bits per heavy atom. The summed E-state index contributed by atoms with van der Waals surface area (Å²) in [5.41, 5.74) is 4.24. The summed E-state index contributed by atoms with van der Waals surface area (Å²) in [6, 6.07) is 22.6. The minimum atomic E-state index is -0.698. The molecule has 4 aromatic rings. The molecule has 0 fully saturated rings. The SMILES string of the molecule is CCOC(=O)C1=C(c2ccccc2)N=c2s/c(=C\c3ccc(OC)c(Br)c3)c(=O)n2C1c1ccc(C(C)C)cc1. The van der Waals surface area contributed by atoms with E-state index < -0.39 is 12.0 Å². The third-order valence-corrected chi connectivity index (χ3v) is 8.37. The van der Waals surface area contributed by atoms with E-state index in [0.29, 0.717) is 32.3 Å². The van der Waals surface area contributed by atoms with E-state index in [2.05, 4.69) is 41.9 Å². The number of hydrogen-bond donors (Lipinski definition) is 0. The van der Waals surface area contributed by atoms with Crippen LogP contribution in [0.2, 0.25) is 0 Å². The van der Waals surface area contributed by atoms with E-state index in [-0.39, 0.29) is 12.2 Å². The maximum atomic E-state index is 14.0. The van der Waals surface area contributed by atoms with Gasteiger partial charge in [0.25, 0.3) is 5.56 Å². The Labute approximate surface area is 245 Å². The Balaban J connectivity index is 1.79. The van der Waals surface area contributed by atoms with Crippen molar-refractivity contribution >= 4 is 45.0 Å². The van der Waals surface area contributed by atoms with Crippen LogP contribution in [-0.4, -0.2) is 24.3 Å². The molecule has 6 nitrogen and oxygen atoms in total. The highest BCUT2D eigenvalue weighted by molar-refractivity contribution is 9.10. The first-order valence-electron chi connectivity index (χ1n) is 13.0. The lowest BCUT2D eigenvalue weighted by molar-refractivity contribution is -0.138. The van der Waals surface area contributed by atoms with E-state index in [9.17, 15) is 9.59 Å². The number of fused-ring (bicyclic) bond motifs is 1. The Hall–Kier alpha value is -3.75. The van der Waals surface area contributed by atoms with Crippen LogP contribution >= 0.6 is 27.3 Å². The second kappa shape index (κ2) is 11.8. The fourth-order valence-corrected chi connectivity index (χ4v) is 6.30. The Morgan fingerprint density at radius 3 is 2.45 bits per heavy atom. The molecule has 0 aliphatic carbocycles. The number of carbonyl (C=O) groups is 1. The standard InChI is InChI=1S/C32H29BrN2O4S/c1-5-39-31(37)27-28(22-9-7-6-8-10-22)34-32-35(29(27)23-14-12-21(13-15-23)19(2)3)30(36)26(40-32)18-20-11-16-25(38-4)24(33)17-20/h6-19,29H,5H2,1-4H3/b26-18-. The minimum absolute atomic E-state index is 0.209. The van der Waals surface area contributed by atoms with Gasteiger partial charge in [0.1, 0.15) is 5.75 Å². The molecular formula is C32H29BrN2O4S. The van der Waals surface area contributed by atoms with Crippen LogP contribution in [0.15, 0.2) is 92.6 Å². The number of carbonyl (C=O) groups excluding carboxylic acids is 1. The summed E-state index contributed by atoms with van der Waals surface area (Å²) >= 11 is 4.82. The molecule has 0 radical (unpaired) electrons. The molecule has 0 bridgehead atoms. The molecule has 0 saturated carbocycles. The largest absolute Gasteiger partial charge is 0.496 e. The molecule has 1 aliphatic rings. The minimum Gasteiger partial charge on any atom is -0.496 e. The van der Waals surface area contributed by atoms with Crippen molar-refractivity contribution in [2.45, 2.75) is 32.7 Å². The van der Waals surface area contributed by atoms with Gasteiger partial charge in [0.15, 0.2) is 4.80 Å². The highest BCUT2D eigenvalue weighted by atomic mass is 79.9. The van der Waals surface area contributed by atoms with Gasteiger partial charge in [-0.3, -0.25) is 9.36 Å². The zero-order valence-electron chi connectivity index (χ0n) is 22.7. The van der Waals surface area contributed by atoms with Crippen LogP contribution < -0.4 is 19.6 Å². The van der Waals surface area contributed by atoms with Gasteiger partial charge in [-0.15, -0.1) is 0 Å². The first kappa shape index (κ1) is 27.8. The lowest BCUT2D eigenvalue weighted by Crippen LogP contribution is -2.40. The topological polar surface area (TPSA) is 69.9 Å². The number of hydrogen-bond acceptors (Lipinski definition) is 6. The average Bonchev–Trinajstić information content (AvgIpc) is 3.27. The Kier molecular flexibility index (Phi) is 8.19.